The Morgan fingerprint density at radius 1 is 0.667 bits per heavy atom. The van der Waals surface area contributed by atoms with E-state index in [0.717, 1.165) is 0 Å². The monoisotopic (exact) mass is 496 g/mol. The second-order valence-corrected chi connectivity index (χ2v) is 9.03. The Labute approximate surface area is 210 Å². The van der Waals surface area contributed by atoms with Crippen LogP contribution >= 0.6 is 0 Å². The molecule has 0 fully saturated rings. The Bertz CT molecular complexity index is 1110. The maximum Gasteiger partial charge on any atom is 0.308 e. The Hall–Kier alpha value is -3.76. The van der Waals surface area contributed by atoms with Crippen LogP contribution in [0.3, 0.4) is 0 Å². The molecule has 3 rings (SSSR count). The summed E-state index contributed by atoms with van der Waals surface area (Å²) >= 11 is 0. The van der Waals surface area contributed by atoms with Crippen molar-refractivity contribution >= 4 is 34.9 Å². The number of hydrogen-bond donors (Lipinski definition) is 2. The molecule has 2 N–H and O–H groups in total. The molecular formula is C26H32N4O6. The zero-order valence-corrected chi connectivity index (χ0v) is 21.5. The van der Waals surface area contributed by atoms with Crippen LogP contribution in [0.15, 0.2) is 24.3 Å². The number of carbonyl (C=O) groups is 4. The van der Waals surface area contributed by atoms with Gasteiger partial charge in [0.05, 0.1) is 22.3 Å². The Morgan fingerprint density at radius 2 is 1.03 bits per heavy atom. The number of hydrogen-bond acceptors (Lipinski definition) is 10. The number of nitrogens with zero attached hydrogens (tertiary/aromatic N) is 2. The fourth-order valence-electron chi connectivity index (χ4n) is 3.94. The first-order chi connectivity index (χ1) is 17.0. The van der Waals surface area contributed by atoms with Crippen molar-refractivity contribution < 1.29 is 28.7 Å². The van der Waals surface area contributed by atoms with E-state index in [1.54, 1.807) is 12.1 Å². The zero-order chi connectivity index (χ0) is 26.6. The largest absolute Gasteiger partial charge is 0.426 e. The van der Waals surface area contributed by atoms with Crippen molar-refractivity contribution in [3.8, 4) is 11.5 Å². The highest BCUT2D eigenvalue weighted by atomic mass is 16.5. The number of fused-ring (bicyclic) bond motifs is 2. The molecule has 0 amide bonds. The van der Waals surface area contributed by atoms with Crippen LogP contribution in [0.5, 0.6) is 11.5 Å². The number of ketones is 2. The molecule has 0 spiro atoms. The van der Waals surface area contributed by atoms with Gasteiger partial charge in [-0.25, -0.2) is 0 Å². The van der Waals surface area contributed by atoms with Gasteiger partial charge < -0.3 is 29.9 Å². The summed E-state index contributed by atoms with van der Waals surface area (Å²) in [4.78, 5) is 55.5. The van der Waals surface area contributed by atoms with E-state index < -0.39 is 23.5 Å². The second-order valence-electron chi connectivity index (χ2n) is 9.03. The lowest BCUT2D eigenvalue weighted by atomic mass is 9.81. The average molecular weight is 497 g/mol. The summed E-state index contributed by atoms with van der Waals surface area (Å²) in [6.45, 7) is 4.82. The molecule has 36 heavy (non-hydrogen) atoms. The van der Waals surface area contributed by atoms with Crippen molar-refractivity contribution in [2.24, 2.45) is 0 Å². The van der Waals surface area contributed by atoms with Crippen molar-refractivity contribution in [3.05, 3.63) is 46.5 Å². The third-order valence-electron chi connectivity index (χ3n) is 5.50. The van der Waals surface area contributed by atoms with E-state index in [0.29, 0.717) is 37.6 Å². The summed E-state index contributed by atoms with van der Waals surface area (Å²) in [5, 5.41) is 6.41. The molecule has 0 atom stereocenters. The van der Waals surface area contributed by atoms with Gasteiger partial charge in [0.1, 0.15) is 11.5 Å². The van der Waals surface area contributed by atoms with Crippen LogP contribution in [0.4, 0.5) is 11.4 Å². The first kappa shape index (κ1) is 26.8. The Morgan fingerprint density at radius 3 is 1.33 bits per heavy atom. The SMILES string of the molecule is CC(=O)Oc1ccc(NCCN(C)C)c2c1C(=O)c1c(NCCN(C)C)ccc(OC(C)=O)c1C2=O. The highest BCUT2D eigenvalue weighted by Crippen LogP contribution is 2.43. The van der Waals surface area contributed by atoms with Crippen molar-refractivity contribution in [3.63, 3.8) is 0 Å². The predicted molar refractivity (Wildman–Crippen MR) is 136 cm³/mol. The van der Waals surface area contributed by atoms with Crippen LogP contribution in [-0.4, -0.2) is 87.7 Å². The van der Waals surface area contributed by atoms with E-state index in [4.69, 9.17) is 9.47 Å². The van der Waals surface area contributed by atoms with Gasteiger partial charge in [0.2, 0.25) is 11.6 Å². The van der Waals surface area contributed by atoms with Gasteiger partial charge in [0, 0.05) is 51.4 Å². The lowest BCUT2D eigenvalue weighted by molar-refractivity contribution is -0.132. The van der Waals surface area contributed by atoms with E-state index in [1.807, 2.05) is 38.0 Å². The fourth-order valence-corrected chi connectivity index (χ4v) is 3.94. The van der Waals surface area contributed by atoms with E-state index in [9.17, 15) is 19.2 Å². The lowest BCUT2D eigenvalue weighted by Crippen LogP contribution is -2.28. The normalized spacial score (nSPS) is 12.3. The molecule has 0 aromatic heterocycles. The molecule has 1 aliphatic carbocycles. The summed E-state index contributed by atoms with van der Waals surface area (Å²) < 4.78 is 10.7. The van der Waals surface area contributed by atoms with Gasteiger partial charge in [-0.15, -0.1) is 0 Å². The molecule has 0 aliphatic heterocycles. The quantitative estimate of drug-likeness (QED) is 0.320. The molecule has 0 saturated carbocycles. The maximum absolute atomic E-state index is 14.0. The summed E-state index contributed by atoms with van der Waals surface area (Å²) in [7, 11) is 7.67. The smallest absolute Gasteiger partial charge is 0.308 e. The highest BCUT2D eigenvalue weighted by molar-refractivity contribution is 6.33. The molecule has 0 saturated heterocycles. The molecule has 0 heterocycles. The van der Waals surface area contributed by atoms with Gasteiger partial charge in [-0.05, 0) is 52.5 Å². The number of carbonyl (C=O) groups excluding carboxylic acids is 4. The molecule has 0 bridgehead atoms. The lowest BCUT2D eigenvalue weighted by Gasteiger charge is -2.26. The molecule has 1 aliphatic rings. The summed E-state index contributed by atoms with van der Waals surface area (Å²) in [5.41, 5.74) is 0.979. The van der Waals surface area contributed by atoms with E-state index in [1.165, 1.54) is 26.0 Å². The van der Waals surface area contributed by atoms with Gasteiger partial charge in [-0.1, -0.05) is 0 Å². The number of rotatable bonds is 10. The summed E-state index contributed by atoms with van der Waals surface area (Å²) in [6.07, 6.45) is 0. The van der Waals surface area contributed by atoms with Gasteiger partial charge in [0.25, 0.3) is 0 Å². The average Bonchev–Trinajstić information content (AvgIpc) is 2.77. The van der Waals surface area contributed by atoms with E-state index in [-0.39, 0.29) is 33.8 Å². The maximum atomic E-state index is 14.0. The summed E-state index contributed by atoms with van der Waals surface area (Å²) in [6, 6.07) is 6.22. The van der Waals surface area contributed by atoms with Crippen molar-refractivity contribution in [1.82, 2.24) is 9.80 Å². The van der Waals surface area contributed by atoms with Crippen LogP contribution in [0.1, 0.15) is 45.7 Å². The first-order valence-corrected chi connectivity index (χ1v) is 11.6. The number of anilines is 2. The molecule has 10 heteroatoms. The van der Waals surface area contributed by atoms with Crippen molar-refractivity contribution in [2.75, 3.05) is 65.0 Å². The molecule has 0 unspecified atom stereocenters. The summed E-state index contributed by atoms with van der Waals surface area (Å²) in [5.74, 6) is -2.25. The predicted octanol–water partition coefficient (Wildman–Crippen LogP) is 2.26. The fraction of sp³-hybridized carbons (Fsp3) is 0.385. The Balaban J connectivity index is 2.21. The molecule has 0 radical (unpaired) electrons. The van der Waals surface area contributed by atoms with Crippen LogP contribution in [-0.2, 0) is 9.59 Å². The third kappa shape index (κ3) is 5.89. The van der Waals surface area contributed by atoms with Gasteiger partial charge in [-0.3, -0.25) is 19.2 Å². The number of ether oxygens (including phenoxy) is 2. The topological polar surface area (TPSA) is 117 Å². The van der Waals surface area contributed by atoms with Crippen LogP contribution in [0.25, 0.3) is 0 Å². The molecular weight excluding hydrogens is 464 g/mol. The molecule has 2 aromatic rings. The molecule has 2 aromatic carbocycles. The van der Waals surface area contributed by atoms with Crippen LogP contribution in [0, 0.1) is 0 Å². The minimum atomic E-state index is -0.616. The van der Waals surface area contributed by atoms with Crippen LogP contribution < -0.4 is 20.1 Å². The minimum Gasteiger partial charge on any atom is -0.426 e. The molecule has 192 valence electrons. The van der Waals surface area contributed by atoms with E-state index >= 15 is 0 Å². The third-order valence-corrected chi connectivity index (χ3v) is 5.50. The second kappa shape index (κ2) is 11.3. The number of nitrogens with one attached hydrogen (secondary N) is 2. The van der Waals surface area contributed by atoms with Gasteiger partial charge in [0.15, 0.2) is 0 Å². The van der Waals surface area contributed by atoms with Crippen molar-refractivity contribution in [1.29, 1.82) is 0 Å². The van der Waals surface area contributed by atoms with E-state index in [2.05, 4.69) is 10.6 Å². The number of benzene rings is 2. The standard InChI is InChI=1S/C26H32N4O6/c1-15(31)35-19-9-7-17(27-11-13-29(3)4)21-23(19)25(33)22-18(28-12-14-30(5)6)8-10-20(36-16(2)32)24(22)26(21)34/h7-10,27-28H,11-14H2,1-6H3. The molecule has 10 nitrogen and oxygen atoms in total. The Kier molecular flexibility index (Phi) is 8.44. The zero-order valence-electron chi connectivity index (χ0n) is 21.5. The van der Waals surface area contributed by atoms with Gasteiger partial charge in [-0.2, -0.15) is 0 Å². The minimum absolute atomic E-state index is 0.00297. The van der Waals surface area contributed by atoms with Gasteiger partial charge >= 0.3 is 11.9 Å². The number of likely N-dealkylation sites (N-methyl/N-ethyl adjacent to an activating group) is 2. The highest BCUT2D eigenvalue weighted by Gasteiger charge is 2.39. The number of esters is 2. The van der Waals surface area contributed by atoms with Crippen molar-refractivity contribution in [2.45, 2.75) is 13.8 Å². The van der Waals surface area contributed by atoms with Crippen LogP contribution in [0.2, 0.25) is 0 Å². The first-order valence-electron chi connectivity index (χ1n) is 11.6.